The first-order valence-electron chi connectivity index (χ1n) is 9.31. The number of rotatable bonds is 3. The van der Waals surface area contributed by atoms with Gasteiger partial charge in [-0.1, -0.05) is 23.7 Å². The number of aryl methyl sites for hydroxylation is 1. The maximum Gasteiger partial charge on any atom is 0.251 e. The third kappa shape index (κ3) is 3.50. The van der Waals surface area contributed by atoms with E-state index < -0.39 is 11.9 Å². The maximum atomic E-state index is 13.5. The topological polar surface area (TPSA) is 43.9 Å². The monoisotopic (exact) mass is 401 g/mol. The van der Waals surface area contributed by atoms with Crippen molar-refractivity contribution in [3.8, 4) is 0 Å². The summed E-state index contributed by atoms with van der Waals surface area (Å²) in [4.78, 5) is 30.8. The van der Waals surface area contributed by atoms with Gasteiger partial charge in [-0.05, 0) is 42.8 Å². The summed E-state index contributed by atoms with van der Waals surface area (Å²) >= 11 is 6.14. The molecule has 7 heteroatoms. The van der Waals surface area contributed by atoms with Crippen molar-refractivity contribution in [1.82, 2.24) is 4.90 Å². The second-order valence-electron chi connectivity index (χ2n) is 7.22. The molecular weight excluding hydrogens is 381 g/mol. The van der Waals surface area contributed by atoms with Crippen LogP contribution in [0.5, 0.6) is 0 Å². The van der Waals surface area contributed by atoms with Crippen LogP contribution >= 0.6 is 11.6 Å². The molecule has 0 bridgehead atoms. The molecule has 5 nitrogen and oxygen atoms in total. The van der Waals surface area contributed by atoms with Gasteiger partial charge in [-0.25, -0.2) is 9.29 Å². The van der Waals surface area contributed by atoms with Crippen LogP contribution in [0.25, 0.3) is 0 Å². The van der Waals surface area contributed by atoms with Crippen molar-refractivity contribution in [1.29, 1.82) is 0 Å². The predicted octanol–water partition coefficient (Wildman–Crippen LogP) is 3.24. The highest BCUT2D eigenvalue weighted by Gasteiger charge is 2.43. The van der Waals surface area contributed by atoms with Crippen molar-refractivity contribution < 1.29 is 14.0 Å². The molecule has 2 fully saturated rings. The smallest absolute Gasteiger partial charge is 0.251 e. The van der Waals surface area contributed by atoms with Crippen LogP contribution in [-0.4, -0.2) is 48.9 Å². The summed E-state index contributed by atoms with van der Waals surface area (Å²) < 4.78 is 13.5. The first-order chi connectivity index (χ1) is 13.4. The van der Waals surface area contributed by atoms with Crippen molar-refractivity contribution >= 4 is 34.8 Å². The van der Waals surface area contributed by atoms with Gasteiger partial charge in [-0.15, -0.1) is 0 Å². The fourth-order valence-corrected chi connectivity index (χ4v) is 4.15. The number of anilines is 2. The lowest BCUT2D eigenvalue weighted by molar-refractivity contribution is -0.123. The molecule has 0 N–H and O–H groups in total. The highest BCUT2D eigenvalue weighted by molar-refractivity contribution is 6.30. The predicted molar refractivity (Wildman–Crippen MR) is 107 cm³/mol. The van der Waals surface area contributed by atoms with Gasteiger partial charge in [0.1, 0.15) is 5.82 Å². The zero-order chi connectivity index (χ0) is 19.8. The first-order valence-corrected chi connectivity index (χ1v) is 9.69. The Morgan fingerprint density at radius 3 is 2.50 bits per heavy atom. The van der Waals surface area contributed by atoms with Crippen LogP contribution in [0.2, 0.25) is 5.02 Å². The molecule has 0 radical (unpaired) electrons. The third-order valence-electron chi connectivity index (χ3n) is 5.46. The van der Waals surface area contributed by atoms with Crippen LogP contribution in [0.4, 0.5) is 15.8 Å². The number of hydrogen-bond acceptors (Lipinski definition) is 4. The van der Waals surface area contributed by atoms with Crippen molar-refractivity contribution in [3.63, 3.8) is 0 Å². The molecule has 146 valence electrons. The summed E-state index contributed by atoms with van der Waals surface area (Å²) in [6, 6.07) is 11.0. The van der Waals surface area contributed by atoms with Gasteiger partial charge in [0.05, 0.1) is 18.2 Å². The lowest BCUT2D eigenvalue weighted by Gasteiger charge is -2.38. The Labute approximate surface area is 168 Å². The molecule has 2 saturated heterocycles. The van der Waals surface area contributed by atoms with Crippen molar-refractivity contribution in [2.24, 2.45) is 0 Å². The summed E-state index contributed by atoms with van der Waals surface area (Å²) in [5.74, 6) is -1.02. The van der Waals surface area contributed by atoms with Crippen LogP contribution in [0.3, 0.4) is 0 Å². The fourth-order valence-electron chi connectivity index (χ4n) is 3.99. The molecule has 2 heterocycles. The first kappa shape index (κ1) is 18.9. The minimum atomic E-state index is -0.488. The van der Waals surface area contributed by atoms with Gasteiger partial charge in [-0.2, -0.15) is 0 Å². The van der Waals surface area contributed by atoms with E-state index in [0.29, 0.717) is 23.8 Å². The fraction of sp³-hybridized carbons (Fsp3) is 0.333. The van der Waals surface area contributed by atoms with Crippen molar-refractivity contribution in [2.45, 2.75) is 19.4 Å². The highest BCUT2D eigenvalue weighted by atomic mass is 35.5. The van der Waals surface area contributed by atoms with Crippen LogP contribution < -0.4 is 9.80 Å². The number of hydrogen-bond donors (Lipinski definition) is 0. The van der Waals surface area contributed by atoms with E-state index in [2.05, 4.69) is 9.80 Å². The van der Waals surface area contributed by atoms with Gasteiger partial charge in [0.15, 0.2) is 0 Å². The second kappa shape index (κ2) is 7.53. The molecule has 1 atom stereocenters. The van der Waals surface area contributed by atoms with E-state index in [4.69, 9.17) is 11.6 Å². The lowest BCUT2D eigenvalue weighted by Crippen LogP contribution is -2.52. The Bertz CT molecular complexity index is 928. The van der Waals surface area contributed by atoms with Gasteiger partial charge >= 0.3 is 0 Å². The number of halogens is 2. The Hall–Kier alpha value is -2.44. The van der Waals surface area contributed by atoms with Crippen LogP contribution in [-0.2, 0) is 9.59 Å². The third-order valence-corrected chi connectivity index (χ3v) is 5.69. The minimum Gasteiger partial charge on any atom is -0.369 e. The summed E-state index contributed by atoms with van der Waals surface area (Å²) in [7, 11) is 0. The number of benzene rings is 2. The quantitative estimate of drug-likeness (QED) is 0.741. The van der Waals surface area contributed by atoms with Crippen molar-refractivity contribution in [2.75, 3.05) is 36.0 Å². The number of piperazine rings is 1. The van der Waals surface area contributed by atoms with E-state index in [-0.39, 0.29) is 18.2 Å². The Morgan fingerprint density at radius 2 is 1.79 bits per heavy atom. The highest BCUT2D eigenvalue weighted by Crippen LogP contribution is 2.29. The molecular formula is C21H21ClFN3O2. The SMILES string of the molecule is Cc1ccc(Cl)cc1N1CCN(C2CC(=O)N(c3cccc(F)c3)C2=O)CC1. The maximum absolute atomic E-state index is 13.5. The molecule has 2 aliphatic heterocycles. The van der Waals surface area contributed by atoms with Crippen molar-refractivity contribution in [3.05, 3.63) is 58.9 Å². The molecule has 2 amide bonds. The van der Waals surface area contributed by atoms with E-state index in [1.807, 2.05) is 25.1 Å². The zero-order valence-electron chi connectivity index (χ0n) is 15.6. The van der Waals surface area contributed by atoms with Gasteiger partial charge in [0.25, 0.3) is 5.91 Å². The molecule has 28 heavy (non-hydrogen) atoms. The standard InChI is InChI=1S/C21H21ClFN3O2/c1-14-5-6-15(22)11-18(14)24-7-9-25(10-8-24)19-13-20(27)26(21(19)28)17-4-2-3-16(23)12-17/h2-6,11-12,19H,7-10,13H2,1H3. The molecule has 0 aliphatic carbocycles. The minimum absolute atomic E-state index is 0.130. The summed E-state index contributed by atoms with van der Waals surface area (Å²) in [6.07, 6.45) is 0.130. The summed E-state index contributed by atoms with van der Waals surface area (Å²) in [6.45, 7) is 4.89. The Balaban J connectivity index is 1.46. The molecule has 2 aliphatic rings. The molecule has 4 rings (SSSR count). The number of carbonyl (C=O) groups excluding carboxylic acids is 2. The molecule has 2 aromatic carbocycles. The molecule has 2 aromatic rings. The average Bonchev–Trinajstić information content (AvgIpc) is 2.98. The molecule has 0 aromatic heterocycles. The lowest BCUT2D eigenvalue weighted by atomic mass is 10.1. The normalized spacial score (nSPS) is 20.9. The van der Waals surface area contributed by atoms with E-state index in [9.17, 15) is 14.0 Å². The summed E-state index contributed by atoms with van der Waals surface area (Å²) in [5, 5.41) is 0.699. The number of carbonyl (C=O) groups is 2. The van der Waals surface area contributed by atoms with E-state index in [0.717, 1.165) is 29.2 Å². The van der Waals surface area contributed by atoms with E-state index >= 15 is 0 Å². The number of imide groups is 1. The second-order valence-corrected chi connectivity index (χ2v) is 7.66. The number of nitrogens with zero attached hydrogens (tertiary/aromatic N) is 3. The average molecular weight is 402 g/mol. The van der Waals surface area contributed by atoms with Crippen LogP contribution in [0, 0.1) is 12.7 Å². The Kier molecular flexibility index (Phi) is 5.08. The van der Waals surface area contributed by atoms with E-state index in [1.165, 1.54) is 18.2 Å². The van der Waals surface area contributed by atoms with Gasteiger partial charge in [0.2, 0.25) is 5.91 Å². The molecule has 0 saturated carbocycles. The molecule has 1 unspecified atom stereocenters. The van der Waals surface area contributed by atoms with E-state index in [1.54, 1.807) is 6.07 Å². The zero-order valence-corrected chi connectivity index (χ0v) is 16.3. The Morgan fingerprint density at radius 1 is 1.04 bits per heavy atom. The molecule has 0 spiro atoms. The van der Waals surface area contributed by atoms with Crippen LogP contribution in [0.1, 0.15) is 12.0 Å². The van der Waals surface area contributed by atoms with Gasteiger partial charge in [-0.3, -0.25) is 14.5 Å². The summed E-state index contributed by atoms with van der Waals surface area (Å²) in [5.41, 5.74) is 2.55. The van der Waals surface area contributed by atoms with Gasteiger partial charge < -0.3 is 4.90 Å². The van der Waals surface area contributed by atoms with Gasteiger partial charge in [0, 0.05) is 36.9 Å². The largest absolute Gasteiger partial charge is 0.369 e. The van der Waals surface area contributed by atoms with Crippen LogP contribution in [0.15, 0.2) is 42.5 Å². The number of amides is 2.